The molecule has 1 atom stereocenters. The Kier molecular flexibility index (Phi) is 7.70. The van der Waals surface area contributed by atoms with Gasteiger partial charge in [-0.15, -0.1) is 0 Å². The lowest BCUT2D eigenvalue weighted by atomic mass is 9.93. The molecule has 0 saturated carbocycles. The van der Waals surface area contributed by atoms with Gasteiger partial charge in [0.2, 0.25) is 0 Å². The second-order valence-electron chi connectivity index (χ2n) is 6.99. The number of hydrogen-bond donors (Lipinski definition) is 2. The van der Waals surface area contributed by atoms with Crippen molar-refractivity contribution in [1.82, 2.24) is 10.6 Å². The zero-order valence-corrected chi connectivity index (χ0v) is 16.6. The van der Waals surface area contributed by atoms with Gasteiger partial charge in [-0.1, -0.05) is 45.4 Å². The number of ether oxygens (including phenoxy) is 2. The van der Waals surface area contributed by atoms with E-state index in [1.165, 1.54) is 0 Å². The number of hydrogen-bond acceptors (Lipinski definition) is 4. The normalized spacial score (nSPS) is 16.8. The maximum absolute atomic E-state index is 12.7. The molecular formula is C21H30N2O4. The van der Waals surface area contributed by atoms with Crippen molar-refractivity contribution < 1.29 is 19.1 Å². The lowest BCUT2D eigenvalue weighted by Gasteiger charge is -2.30. The minimum atomic E-state index is -0.604. The Bertz CT molecular complexity index is 697. The topological polar surface area (TPSA) is 76.7 Å². The molecule has 1 aliphatic rings. The van der Waals surface area contributed by atoms with Crippen LogP contribution in [0.1, 0.15) is 58.6 Å². The van der Waals surface area contributed by atoms with E-state index in [0.29, 0.717) is 36.0 Å². The van der Waals surface area contributed by atoms with E-state index in [2.05, 4.69) is 31.4 Å². The van der Waals surface area contributed by atoms with E-state index in [1.807, 2.05) is 24.3 Å². The number of benzene rings is 1. The van der Waals surface area contributed by atoms with Crippen molar-refractivity contribution in [2.24, 2.45) is 5.92 Å². The quantitative estimate of drug-likeness (QED) is 0.639. The van der Waals surface area contributed by atoms with Crippen LogP contribution in [0.25, 0.3) is 0 Å². The number of allylic oxidation sites excluding steroid dienone is 1. The molecule has 6 heteroatoms. The average molecular weight is 374 g/mol. The Labute approximate surface area is 161 Å². The summed E-state index contributed by atoms with van der Waals surface area (Å²) in [5.74, 6) is 0.607. The molecule has 1 aromatic rings. The molecule has 148 valence electrons. The first-order valence-electron chi connectivity index (χ1n) is 9.67. The van der Waals surface area contributed by atoms with Crippen LogP contribution >= 0.6 is 0 Å². The van der Waals surface area contributed by atoms with E-state index in [9.17, 15) is 9.59 Å². The molecule has 1 unspecified atom stereocenters. The molecule has 1 heterocycles. The van der Waals surface area contributed by atoms with Crippen LogP contribution in [0.5, 0.6) is 5.75 Å². The first-order valence-corrected chi connectivity index (χ1v) is 9.67. The maximum atomic E-state index is 12.7. The van der Waals surface area contributed by atoms with Crippen molar-refractivity contribution >= 4 is 12.0 Å². The number of para-hydroxylation sites is 1. The fourth-order valence-electron chi connectivity index (χ4n) is 2.96. The zero-order chi connectivity index (χ0) is 19.8. The molecule has 27 heavy (non-hydrogen) atoms. The standard InChI is InChI=1S/C21H30N2O4/c1-5-7-11-16-18(20(24)26-6-2)19(23-21(25)22-16)15-10-8-9-12-17(15)27-13-14(3)4/h8-10,12,14,19H,5-7,11,13H2,1-4H3,(H2,22,23,25). The molecule has 2 amide bonds. The van der Waals surface area contributed by atoms with E-state index in [0.717, 1.165) is 18.4 Å². The van der Waals surface area contributed by atoms with Crippen LogP contribution in [0.15, 0.2) is 35.5 Å². The van der Waals surface area contributed by atoms with Crippen molar-refractivity contribution in [3.8, 4) is 5.75 Å². The fourth-order valence-corrected chi connectivity index (χ4v) is 2.96. The second-order valence-corrected chi connectivity index (χ2v) is 6.99. The molecule has 2 N–H and O–H groups in total. The third-order valence-corrected chi connectivity index (χ3v) is 4.23. The predicted octanol–water partition coefficient (Wildman–Crippen LogP) is 4.08. The molecule has 0 aliphatic carbocycles. The molecule has 1 aromatic carbocycles. The third-order valence-electron chi connectivity index (χ3n) is 4.23. The van der Waals surface area contributed by atoms with Gasteiger partial charge < -0.3 is 20.1 Å². The summed E-state index contributed by atoms with van der Waals surface area (Å²) in [5.41, 5.74) is 1.83. The van der Waals surface area contributed by atoms with Crippen molar-refractivity contribution in [2.75, 3.05) is 13.2 Å². The van der Waals surface area contributed by atoms with Crippen LogP contribution in [-0.4, -0.2) is 25.2 Å². The van der Waals surface area contributed by atoms with E-state index in [-0.39, 0.29) is 12.6 Å². The number of esters is 1. The highest BCUT2D eigenvalue weighted by Gasteiger charge is 2.34. The van der Waals surface area contributed by atoms with Gasteiger partial charge in [-0.25, -0.2) is 9.59 Å². The summed E-state index contributed by atoms with van der Waals surface area (Å²) in [6.45, 7) is 8.81. The highest BCUT2D eigenvalue weighted by molar-refractivity contribution is 5.95. The molecule has 0 aromatic heterocycles. The van der Waals surface area contributed by atoms with Crippen molar-refractivity contribution in [2.45, 2.75) is 53.0 Å². The predicted molar refractivity (Wildman–Crippen MR) is 104 cm³/mol. The second kappa shape index (κ2) is 10.00. The minimum Gasteiger partial charge on any atom is -0.493 e. The summed E-state index contributed by atoms with van der Waals surface area (Å²) >= 11 is 0. The fraction of sp³-hybridized carbons (Fsp3) is 0.524. The molecular weight excluding hydrogens is 344 g/mol. The number of nitrogens with one attached hydrogen (secondary N) is 2. The Morgan fingerprint density at radius 1 is 1.22 bits per heavy atom. The minimum absolute atomic E-state index is 0.273. The number of rotatable bonds is 9. The molecule has 0 radical (unpaired) electrons. The third kappa shape index (κ3) is 5.49. The van der Waals surface area contributed by atoms with E-state index >= 15 is 0 Å². The molecule has 0 bridgehead atoms. The number of unbranched alkanes of at least 4 members (excludes halogenated alkanes) is 1. The van der Waals surface area contributed by atoms with Crippen LogP contribution in [0.2, 0.25) is 0 Å². The highest BCUT2D eigenvalue weighted by atomic mass is 16.5. The lowest BCUT2D eigenvalue weighted by molar-refractivity contribution is -0.139. The Morgan fingerprint density at radius 2 is 1.96 bits per heavy atom. The molecule has 0 saturated heterocycles. The first-order chi connectivity index (χ1) is 13.0. The highest BCUT2D eigenvalue weighted by Crippen LogP contribution is 2.34. The number of carbonyl (C=O) groups is 2. The Hall–Kier alpha value is -2.50. The smallest absolute Gasteiger partial charge is 0.338 e. The summed E-state index contributed by atoms with van der Waals surface area (Å²) < 4.78 is 11.2. The Morgan fingerprint density at radius 3 is 2.63 bits per heavy atom. The maximum Gasteiger partial charge on any atom is 0.338 e. The molecule has 0 spiro atoms. The Balaban J connectivity index is 2.48. The monoisotopic (exact) mass is 374 g/mol. The van der Waals surface area contributed by atoms with E-state index < -0.39 is 12.0 Å². The summed E-state index contributed by atoms with van der Waals surface area (Å²) in [5, 5.41) is 5.67. The first kappa shape index (κ1) is 20.8. The van der Waals surface area contributed by atoms with Gasteiger partial charge in [-0.2, -0.15) is 0 Å². The van der Waals surface area contributed by atoms with Gasteiger partial charge in [0, 0.05) is 11.3 Å². The molecule has 0 fully saturated rings. The van der Waals surface area contributed by atoms with Crippen LogP contribution in [0.3, 0.4) is 0 Å². The van der Waals surface area contributed by atoms with Crippen LogP contribution in [-0.2, 0) is 9.53 Å². The number of carbonyl (C=O) groups excluding carboxylic acids is 2. The molecule has 2 rings (SSSR count). The number of amides is 2. The van der Waals surface area contributed by atoms with E-state index in [1.54, 1.807) is 6.92 Å². The molecule has 1 aliphatic heterocycles. The van der Waals surface area contributed by atoms with Gasteiger partial charge in [-0.05, 0) is 31.7 Å². The van der Waals surface area contributed by atoms with Gasteiger partial charge in [0.15, 0.2) is 0 Å². The van der Waals surface area contributed by atoms with Crippen LogP contribution < -0.4 is 15.4 Å². The number of urea groups is 1. The van der Waals surface area contributed by atoms with Crippen molar-refractivity contribution in [1.29, 1.82) is 0 Å². The van der Waals surface area contributed by atoms with Crippen molar-refractivity contribution in [3.05, 3.63) is 41.1 Å². The van der Waals surface area contributed by atoms with Crippen LogP contribution in [0.4, 0.5) is 4.79 Å². The van der Waals surface area contributed by atoms with Gasteiger partial charge in [-0.3, -0.25) is 0 Å². The SMILES string of the molecule is CCCCC1=C(C(=O)OCC)C(c2ccccc2OCC(C)C)NC(=O)N1. The van der Waals surface area contributed by atoms with Gasteiger partial charge in [0.05, 0.1) is 24.8 Å². The average Bonchev–Trinajstić information content (AvgIpc) is 2.64. The summed E-state index contributed by atoms with van der Waals surface area (Å²) in [6, 6.07) is 6.57. The summed E-state index contributed by atoms with van der Waals surface area (Å²) in [6.07, 6.45) is 2.45. The largest absolute Gasteiger partial charge is 0.493 e. The van der Waals surface area contributed by atoms with Crippen LogP contribution in [0, 0.1) is 5.92 Å². The van der Waals surface area contributed by atoms with Gasteiger partial charge in [0.1, 0.15) is 5.75 Å². The lowest BCUT2D eigenvalue weighted by Crippen LogP contribution is -2.46. The van der Waals surface area contributed by atoms with Crippen molar-refractivity contribution in [3.63, 3.8) is 0 Å². The van der Waals surface area contributed by atoms with Gasteiger partial charge in [0.25, 0.3) is 0 Å². The van der Waals surface area contributed by atoms with E-state index in [4.69, 9.17) is 9.47 Å². The zero-order valence-electron chi connectivity index (χ0n) is 16.6. The molecule has 6 nitrogen and oxygen atoms in total. The van der Waals surface area contributed by atoms with Gasteiger partial charge >= 0.3 is 12.0 Å². The summed E-state index contributed by atoms with van der Waals surface area (Å²) in [7, 11) is 0. The summed E-state index contributed by atoms with van der Waals surface area (Å²) in [4.78, 5) is 25.0.